The molecule has 0 aromatic heterocycles. The van der Waals surface area contributed by atoms with Crippen LogP contribution in [-0.4, -0.2) is 44.9 Å². The van der Waals surface area contributed by atoms with Crippen molar-refractivity contribution in [2.75, 3.05) is 14.2 Å². The van der Waals surface area contributed by atoms with Gasteiger partial charge in [0.2, 0.25) is 0 Å². The quantitative estimate of drug-likeness (QED) is 0.161. The molecular weight excluding hydrogens is 488 g/mol. The zero-order valence-electron chi connectivity index (χ0n) is 20.6. The van der Waals surface area contributed by atoms with Crippen LogP contribution in [-0.2, 0) is 0 Å². The molecule has 8 nitrogen and oxygen atoms in total. The highest BCUT2D eigenvalue weighted by molar-refractivity contribution is 5.72. The van der Waals surface area contributed by atoms with E-state index in [9.17, 15) is 30.6 Å². The van der Waals surface area contributed by atoms with Gasteiger partial charge in [0.05, 0.1) is 14.2 Å². The maximum Gasteiger partial charge on any atom is 0.160 e. The molecule has 0 unspecified atom stereocenters. The number of methoxy groups -OCH3 is 2. The molecule has 194 valence electrons. The molecule has 0 amide bonds. The molecule has 0 spiro atoms. The zero-order valence-corrected chi connectivity index (χ0v) is 20.6. The van der Waals surface area contributed by atoms with Crippen molar-refractivity contribution in [3.63, 3.8) is 0 Å². The van der Waals surface area contributed by atoms with E-state index in [0.717, 1.165) is 5.56 Å². The lowest BCUT2D eigenvalue weighted by Gasteiger charge is -2.03. The first-order chi connectivity index (χ1) is 18.2. The van der Waals surface area contributed by atoms with Crippen molar-refractivity contribution < 1.29 is 40.1 Å². The third-order valence-corrected chi connectivity index (χ3v) is 5.03. The van der Waals surface area contributed by atoms with Gasteiger partial charge in [-0.05, 0) is 65.7 Å². The topological polar surface area (TPSA) is 140 Å². The third-order valence-electron chi connectivity index (χ3n) is 5.03. The van der Waals surface area contributed by atoms with Crippen LogP contribution in [0, 0.1) is 11.8 Å². The van der Waals surface area contributed by atoms with Crippen LogP contribution in [0.3, 0.4) is 0 Å². The van der Waals surface area contributed by atoms with Crippen LogP contribution >= 0.6 is 0 Å². The Labute approximate surface area is 219 Å². The van der Waals surface area contributed by atoms with Crippen molar-refractivity contribution in [2.24, 2.45) is 0 Å². The first kappa shape index (κ1) is 27.2. The average molecular weight is 515 g/mol. The summed E-state index contributed by atoms with van der Waals surface area (Å²) in [6.45, 7) is 0. The number of benzene rings is 4. The van der Waals surface area contributed by atoms with Crippen LogP contribution in [0.2, 0.25) is 0 Å². The number of hydrogen-bond acceptors (Lipinski definition) is 8. The Hall–Kier alpha value is -5.42. The molecule has 0 fully saturated rings. The Morgan fingerprint density at radius 1 is 0.500 bits per heavy atom. The van der Waals surface area contributed by atoms with Gasteiger partial charge in [-0.25, -0.2) is 0 Å². The van der Waals surface area contributed by atoms with Crippen LogP contribution < -0.4 is 9.47 Å². The molecule has 0 saturated heterocycles. The molecule has 0 aliphatic heterocycles. The van der Waals surface area contributed by atoms with E-state index in [4.69, 9.17) is 9.47 Å². The maximum absolute atomic E-state index is 9.64. The lowest BCUT2D eigenvalue weighted by molar-refractivity contribution is 0.373. The van der Waals surface area contributed by atoms with Crippen molar-refractivity contribution in [1.29, 1.82) is 0 Å². The Balaban J connectivity index is 0.000000211. The van der Waals surface area contributed by atoms with Crippen molar-refractivity contribution in [1.82, 2.24) is 0 Å². The minimum absolute atomic E-state index is 0.00257. The van der Waals surface area contributed by atoms with Gasteiger partial charge in [0, 0.05) is 23.3 Å². The molecule has 0 heterocycles. The number of ether oxygens (including phenoxy) is 2. The van der Waals surface area contributed by atoms with E-state index in [2.05, 4.69) is 11.8 Å². The second kappa shape index (κ2) is 12.5. The molecule has 0 aliphatic rings. The van der Waals surface area contributed by atoms with Gasteiger partial charge in [0.1, 0.15) is 23.0 Å². The summed E-state index contributed by atoms with van der Waals surface area (Å²) in [7, 11) is 2.95. The van der Waals surface area contributed by atoms with Crippen molar-refractivity contribution in [2.45, 2.75) is 0 Å². The summed E-state index contributed by atoms with van der Waals surface area (Å²) in [6.07, 6.45) is 3.48. The van der Waals surface area contributed by atoms with Crippen molar-refractivity contribution in [3.05, 3.63) is 95.1 Å². The number of phenolic OH excluding ortho intramolecular Hbond substituents is 6. The van der Waals surface area contributed by atoms with E-state index in [0.29, 0.717) is 28.2 Å². The molecule has 38 heavy (non-hydrogen) atoms. The van der Waals surface area contributed by atoms with Crippen LogP contribution in [0.25, 0.3) is 12.2 Å². The molecule has 0 radical (unpaired) electrons. The predicted octanol–water partition coefficient (Wildman–Crippen LogP) is 5.19. The normalized spacial score (nSPS) is 10.2. The summed E-state index contributed by atoms with van der Waals surface area (Å²) < 4.78 is 9.88. The van der Waals surface area contributed by atoms with E-state index in [1.54, 1.807) is 42.5 Å². The van der Waals surface area contributed by atoms with E-state index >= 15 is 0 Å². The standard InChI is InChI=1S/C15H14O4.C15H12O4/c2*1-19-15-5-4-10(8-14(15)18)2-3-11-6-12(16)9-13(17)7-11/h2-9,16-18H,1H3;4-9,16-18H,1H3. The van der Waals surface area contributed by atoms with Gasteiger partial charge in [0.15, 0.2) is 23.0 Å². The molecule has 8 heteroatoms. The van der Waals surface area contributed by atoms with Crippen molar-refractivity contribution >= 4 is 12.2 Å². The summed E-state index contributed by atoms with van der Waals surface area (Å²) >= 11 is 0. The van der Waals surface area contributed by atoms with E-state index in [-0.39, 0.29) is 34.5 Å². The van der Waals surface area contributed by atoms with Gasteiger partial charge in [-0.15, -0.1) is 0 Å². The first-order valence-corrected chi connectivity index (χ1v) is 11.2. The van der Waals surface area contributed by atoms with Crippen LogP contribution in [0.5, 0.6) is 46.0 Å². The van der Waals surface area contributed by atoms with E-state index in [1.165, 1.54) is 56.7 Å². The van der Waals surface area contributed by atoms with E-state index in [1.807, 2.05) is 0 Å². The second-order valence-corrected chi connectivity index (χ2v) is 7.92. The molecule has 6 N–H and O–H groups in total. The van der Waals surface area contributed by atoms with Crippen LogP contribution in [0.4, 0.5) is 0 Å². The van der Waals surface area contributed by atoms with Gasteiger partial charge in [-0.3, -0.25) is 0 Å². The predicted molar refractivity (Wildman–Crippen MR) is 144 cm³/mol. The van der Waals surface area contributed by atoms with Crippen LogP contribution in [0.1, 0.15) is 22.3 Å². The molecule has 0 bridgehead atoms. The number of hydrogen-bond donors (Lipinski definition) is 6. The fourth-order valence-corrected chi connectivity index (χ4v) is 3.30. The third kappa shape index (κ3) is 7.80. The highest BCUT2D eigenvalue weighted by Gasteiger charge is 2.02. The molecule has 4 rings (SSSR count). The molecule has 4 aromatic carbocycles. The highest BCUT2D eigenvalue weighted by Crippen LogP contribution is 2.28. The maximum atomic E-state index is 9.64. The minimum Gasteiger partial charge on any atom is -0.508 e. The van der Waals surface area contributed by atoms with Gasteiger partial charge >= 0.3 is 0 Å². The highest BCUT2D eigenvalue weighted by atomic mass is 16.5. The van der Waals surface area contributed by atoms with E-state index < -0.39 is 0 Å². The lowest BCUT2D eigenvalue weighted by atomic mass is 10.1. The Bertz CT molecular complexity index is 1470. The zero-order chi connectivity index (χ0) is 27.7. The minimum atomic E-state index is -0.0538. The summed E-state index contributed by atoms with van der Waals surface area (Å²) in [5.74, 6) is 6.34. The summed E-state index contributed by atoms with van der Waals surface area (Å²) in [5.41, 5.74) is 2.52. The number of phenols is 6. The molecule has 0 saturated carbocycles. The smallest absolute Gasteiger partial charge is 0.160 e. The first-order valence-electron chi connectivity index (χ1n) is 11.2. The molecule has 4 aromatic rings. The van der Waals surface area contributed by atoms with Crippen LogP contribution in [0.15, 0.2) is 72.8 Å². The Morgan fingerprint density at radius 2 is 0.974 bits per heavy atom. The average Bonchev–Trinajstić information content (AvgIpc) is 2.86. The lowest BCUT2D eigenvalue weighted by Crippen LogP contribution is -1.84. The fourth-order valence-electron chi connectivity index (χ4n) is 3.30. The fraction of sp³-hybridized carbons (Fsp3) is 0.0667. The molecule has 0 aliphatic carbocycles. The molecule has 0 atom stereocenters. The summed E-state index contributed by atoms with van der Waals surface area (Å²) in [5, 5.41) is 56.6. The molecular formula is C30H26O8. The number of rotatable bonds is 4. The Kier molecular flexibility index (Phi) is 8.95. The SMILES string of the molecule is COc1ccc(C#Cc2cc(O)cc(O)c2)cc1O.COc1ccc(C=Cc2cc(O)cc(O)c2)cc1O. The largest absolute Gasteiger partial charge is 0.508 e. The number of aromatic hydroxyl groups is 6. The summed E-state index contributed by atoms with van der Waals surface area (Å²) in [4.78, 5) is 0. The van der Waals surface area contributed by atoms with Gasteiger partial charge in [-0.2, -0.15) is 0 Å². The monoisotopic (exact) mass is 514 g/mol. The second-order valence-electron chi connectivity index (χ2n) is 7.92. The Morgan fingerprint density at radius 3 is 1.50 bits per heavy atom. The van der Waals surface area contributed by atoms with Gasteiger partial charge in [0.25, 0.3) is 0 Å². The summed E-state index contributed by atoms with van der Waals surface area (Å²) in [6, 6.07) is 18.2. The van der Waals surface area contributed by atoms with Gasteiger partial charge < -0.3 is 40.1 Å². The van der Waals surface area contributed by atoms with Crippen molar-refractivity contribution in [3.8, 4) is 57.8 Å². The van der Waals surface area contributed by atoms with Gasteiger partial charge in [-0.1, -0.05) is 30.1 Å².